The highest BCUT2D eigenvalue weighted by atomic mass is 16.5. The Labute approximate surface area is 117 Å². The van der Waals surface area contributed by atoms with E-state index in [-0.39, 0.29) is 11.8 Å². The molecule has 1 aliphatic rings. The van der Waals surface area contributed by atoms with Gasteiger partial charge in [0.25, 0.3) is 5.91 Å². The molecule has 1 fully saturated rings. The summed E-state index contributed by atoms with van der Waals surface area (Å²) in [5.41, 5.74) is 0.320. The maximum atomic E-state index is 12.2. The Morgan fingerprint density at radius 2 is 2.15 bits per heavy atom. The quantitative estimate of drug-likeness (QED) is 0.701. The van der Waals surface area contributed by atoms with E-state index in [4.69, 9.17) is 4.74 Å². The van der Waals surface area contributed by atoms with E-state index in [1.807, 2.05) is 0 Å². The lowest BCUT2D eigenvalue weighted by atomic mass is 10.0. The molecule has 0 radical (unpaired) electrons. The van der Waals surface area contributed by atoms with Crippen LogP contribution in [0.25, 0.3) is 0 Å². The molecule has 1 aromatic rings. The second kappa shape index (κ2) is 6.67. The van der Waals surface area contributed by atoms with E-state index in [0.29, 0.717) is 18.4 Å². The molecule has 3 N–H and O–H groups in total. The molecule has 0 bridgehead atoms. The van der Waals surface area contributed by atoms with Crippen molar-refractivity contribution in [3.8, 4) is 5.88 Å². The zero-order chi connectivity index (χ0) is 14.5. The average Bonchev–Trinajstić information content (AvgIpc) is 2.62. The van der Waals surface area contributed by atoms with Crippen molar-refractivity contribution >= 4 is 5.91 Å². The van der Waals surface area contributed by atoms with Gasteiger partial charge < -0.3 is 20.3 Å². The molecule has 1 aromatic heterocycles. The first kappa shape index (κ1) is 14.7. The van der Waals surface area contributed by atoms with Crippen LogP contribution in [0.15, 0.2) is 18.3 Å². The summed E-state index contributed by atoms with van der Waals surface area (Å²) in [6, 6.07) is 2.81. The smallest absolute Gasteiger partial charge is 0.257 e. The topological polar surface area (TPSA) is 91.7 Å². The molecule has 6 heteroatoms. The fraction of sp³-hybridized carbons (Fsp3) is 0.571. The van der Waals surface area contributed by atoms with Gasteiger partial charge in [0, 0.05) is 6.20 Å². The first-order valence-corrected chi connectivity index (χ1v) is 6.79. The van der Waals surface area contributed by atoms with E-state index in [9.17, 15) is 15.0 Å². The molecule has 20 heavy (non-hydrogen) atoms. The Bertz CT molecular complexity index is 466. The Morgan fingerprint density at radius 3 is 2.90 bits per heavy atom. The molecule has 1 heterocycles. The standard InChI is InChI=1S/C14H20N2O4/c1-20-14-9(5-4-8-15-14)13(19)16-10-6-2-3-7-11(17)12(10)18/h4-5,8,10-12,17-18H,2-3,6-7H2,1H3,(H,16,19)/t10-,11-,12-/m1/s1. The molecule has 0 unspecified atom stereocenters. The van der Waals surface area contributed by atoms with Crippen molar-refractivity contribution < 1.29 is 19.7 Å². The van der Waals surface area contributed by atoms with Gasteiger partial charge in [0.05, 0.1) is 25.4 Å². The molecule has 0 aliphatic heterocycles. The van der Waals surface area contributed by atoms with Gasteiger partial charge in [0.15, 0.2) is 0 Å². The van der Waals surface area contributed by atoms with Gasteiger partial charge >= 0.3 is 0 Å². The highest BCUT2D eigenvalue weighted by Gasteiger charge is 2.30. The highest BCUT2D eigenvalue weighted by molar-refractivity contribution is 5.96. The predicted octanol–water partition coefficient (Wildman–Crippen LogP) is 0.484. The number of pyridine rings is 1. The van der Waals surface area contributed by atoms with Crippen LogP contribution in [0.1, 0.15) is 36.0 Å². The van der Waals surface area contributed by atoms with Gasteiger partial charge in [-0.2, -0.15) is 0 Å². The summed E-state index contributed by atoms with van der Waals surface area (Å²) in [7, 11) is 1.45. The second-order valence-corrected chi connectivity index (χ2v) is 4.98. The van der Waals surface area contributed by atoms with Crippen LogP contribution in [-0.2, 0) is 0 Å². The second-order valence-electron chi connectivity index (χ2n) is 4.98. The van der Waals surface area contributed by atoms with Crippen molar-refractivity contribution in [2.24, 2.45) is 0 Å². The lowest BCUT2D eigenvalue weighted by Gasteiger charge is -2.25. The molecule has 0 spiro atoms. The lowest BCUT2D eigenvalue weighted by Crippen LogP contribution is -2.47. The number of nitrogens with one attached hydrogen (secondary N) is 1. The third kappa shape index (κ3) is 3.26. The number of hydrogen-bond acceptors (Lipinski definition) is 5. The number of amides is 1. The van der Waals surface area contributed by atoms with Crippen LogP contribution in [0.4, 0.5) is 0 Å². The summed E-state index contributed by atoms with van der Waals surface area (Å²) >= 11 is 0. The van der Waals surface area contributed by atoms with Crippen LogP contribution in [0.3, 0.4) is 0 Å². The maximum Gasteiger partial charge on any atom is 0.257 e. The van der Waals surface area contributed by atoms with Crippen LogP contribution in [-0.4, -0.2) is 46.5 Å². The van der Waals surface area contributed by atoms with Crippen molar-refractivity contribution in [3.63, 3.8) is 0 Å². The number of carbonyl (C=O) groups excluding carboxylic acids is 1. The Hall–Kier alpha value is -1.66. The van der Waals surface area contributed by atoms with Crippen LogP contribution >= 0.6 is 0 Å². The summed E-state index contributed by atoms with van der Waals surface area (Å²) in [6.45, 7) is 0. The third-order valence-electron chi connectivity index (χ3n) is 3.60. The monoisotopic (exact) mass is 280 g/mol. The summed E-state index contributed by atoms with van der Waals surface area (Å²) in [5.74, 6) is -0.109. The van der Waals surface area contributed by atoms with E-state index < -0.39 is 18.2 Å². The Balaban J connectivity index is 2.10. The first-order valence-electron chi connectivity index (χ1n) is 6.79. The molecular formula is C14H20N2O4. The van der Waals surface area contributed by atoms with Crippen molar-refractivity contribution in [2.75, 3.05) is 7.11 Å². The van der Waals surface area contributed by atoms with Crippen molar-refractivity contribution in [1.82, 2.24) is 10.3 Å². The number of carbonyl (C=O) groups is 1. The van der Waals surface area contributed by atoms with Crippen LogP contribution in [0, 0.1) is 0 Å². The van der Waals surface area contributed by atoms with Gasteiger partial charge in [-0.25, -0.2) is 4.98 Å². The Morgan fingerprint density at radius 1 is 1.40 bits per heavy atom. The van der Waals surface area contributed by atoms with Crippen LogP contribution < -0.4 is 10.1 Å². The minimum absolute atomic E-state index is 0.244. The van der Waals surface area contributed by atoms with E-state index in [1.54, 1.807) is 18.3 Å². The molecule has 1 amide bonds. The maximum absolute atomic E-state index is 12.2. The molecule has 0 saturated heterocycles. The normalized spacial score (nSPS) is 26.6. The summed E-state index contributed by atoms with van der Waals surface area (Å²) in [5, 5.41) is 22.6. The fourth-order valence-electron chi connectivity index (χ4n) is 2.46. The van der Waals surface area contributed by atoms with E-state index >= 15 is 0 Å². The molecule has 0 aromatic carbocycles. The van der Waals surface area contributed by atoms with Crippen molar-refractivity contribution in [3.05, 3.63) is 23.9 Å². The third-order valence-corrected chi connectivity index (χ3v) is 3.60. The zero-order valence-electron chi connectivity index (χ0n) is 11.5. The number of hydrogen-bond donors (Lipinski definition) is 3. The highest BCUT2D eigenvalue weighted by Crippen LogP contribution is 2.20. The number of rotatable bonds is 3. The largest absolute Gasteiger partial charge is 0.480 e. The number of aromatic nitrogens is 1. The zero-order valence-corrected chi connectivity index (χ0v) is 11.5. The number of nitrogens with zero attached hydrogens (tertiary/aromatic N) is 1. The molecule has 2 rings (SSSR count). The predicted molar refractivity (Wildman–Crippen MR) is 72.5 cm³/mol. The summed E-state index contributed by atoms with van der Waals surface area (Å²) in [4.78, 5) is 16.2. The van der Waals surface area contributed by atoms with E-state index in [1.165, 1.54) is 7.11 Å². The van der Waals surface area contributed by atoms with Gasteiger partial charge in [-0.15, -0.1) is 0 Å². The van der Waals surface area contributed by atoms with Gasteiger partial charge in [-0.3, -0.25) is 4.79 Å². The summed E-state index contributed by atoms with van der Waals surface area (Å²) in [6.07, 6.45) is 2.72. The first-order chi connectivity index (χ1) is 9.63. The number of aliphatic hydroxyl groups is 2. The molecular weight excluding hydrogens is 260 g/mol. The van der Waals surface area contributed by atoms with Crippen molar-refractivity contribution in [2.45, 2.75) is 43.9 Å². The number of methoxy groups -OCH3 is 1. The molecule has 6 nitrogen and oxygen atoms in total. The van der Waals surface area contributed by atoms with E-state index in [2.05, 4.69) is 10.3 Å². The van der Waals surface area contributed by atoms with Gasteiger partial charge in [-0.1, -0.05) is 12.8 Å². The fourth-order valence-corrected chi connectivity index (χ4v) is 2.46. The summed E-state index contributed by atoms with van der Waals surface area (Å²) < 4.78 is 5.04. The SMILES string of the molecule is COc1ncccc1C(=O)N[C@@H]1CCCC[C@@H](O)[C@@H]1O. The van der Waals surface area contributed by atoms with Crippen LogP contribution in [0.5, 0.6) is 5.88 Å². The molecule has 1 aliphatic carbocycles. The molecule has 3 atom stereocenters. The number of ether oxygens (including phenoxy) is 1. The molecule has 1 saturated carbocycles. The van der Waals surface area contributed by atoms with Gasteiger partial charge in [-0.05, 0) is 25.0 Å². The number of aliphatic hydroxyl groups excluding tert-OH is 2. The van der Waals surface area contributed by atoms with Gasteiger partial charge in [0.1, 0.15) is 5.56 Å². The Kier molecular flexibility index (Phi) is 4.92. The van der Waals surface area contributed by atoms with E-state index in [0.717, 1.165) is 12.8 Å². The van der Waals surface area contributed by atoms with Gasteiger partial charge in [0.2, 0.25) is 5.88 Å². The van der Waals surface area contributed by atoms with Crippen molar-refractivity contribution in [1.29, 1.82) is 0 Å². The van der Waals surface area contributed by atoms with Crippen LogP contribution in [0.2, 0.25) is 0 Å². The average molecular weight is 280 g/mol. The minimum Gasteiger partial charge on any atom is -0.480 e. The molecule has 110 valence electrons. The minimum atomic E-state index is -0.941. The lowest BCUT2D eigenvalue weighted by molar-refractivity contribution is -0.00127.